The van der Waals surface area contributed by atoms with Crippen molar-refractivity contribution in [3.05, 3.63) is 71.8 Å². The van der Waals surface area contributed by atoms with E-state index in [9.17, 15) is 18.0 Å². The van der Waals surface area contributed by atoms with E-state index in [0.717, 1.165) is 11.1 Å². The van der Waals surface area contributed by atoms with Crippen molar-refractivity contribution in [1.82, 2.24) is 8.61 Å². The molecule has 2 aromatic rings. The lowest BCUT2D eigenvalue weighted by atomic mass is 9.72. The predicted octanol–water partition coefficient (Wildman–Crippen LogP) is 3.08. The predicted molar refractivity (Wildman–Crippen MR) is 122 cm³/mol. The van der Waals surface area contributed by atoms with Crippen molar-refractivity contribution in [3.63, 3.8) is 0 Å². The fourth-order valence-electron chi connectivity index (χ4n) is 4.83. The molecule has 2 atom stereocenters. The minimum atomic E-state index is -4.34. The largest absolute Gasteiger partial charge is 0.467 e. The van der Waals surface area contributed by atoms with Crippen LogP contribution in [0.1, 0.15) is 38.3 Å². The second-order valence-corrected chi connectivity index (χ2v) is 11.1. The number of esters is 1. The molecular weight excluding hydrogens is 444 g/mol. The van der Waals surface area contributed by atoms with E-state index in [1.54, 1.807) is 20.8 Å². The summed E-state index contributed by atoms with van der Waals surface area (Å²) < 4.78 is 39.3. The molecule has 0 unspecified atom stereocenters. The van der Waals surface area contributed by atoms with E-state index in [4.69, 9.17) is 9.47 Å². The van der Waals surface area contributed by atoms with Crippen LogP contribution in [0.25, 0.3) is 0 Å². The SMILES string of the molecule is COC(=O)[C@H]1[C@@H]2CC(c3ccccc3)(c3ccccc3)CN2S(=O)(=O)N1C(=O)OC(C)(C)C. The molecule has 9 heteroatoms. The normalized spacial score (nSPS) is 23.7. The molecule has 1 amide bonds. The van der Waals surface area contributed by atoms with Crippen LogP contribution in [-0.4, -0.2) is 60.4 Å². The maximum Gasteiger partial charge on any atom is 0.426 e. The van der Waals surface area contributed by atoms with Crippen LogP contribution < -0.4 is 0 Å². The van der Waals surface area contributed by atoms with Gasteiger partial charge in [0.2, 0.25) is 0 Å². The minimum Gasteiger partial charge on any atom is -0.467 e. The lowest BCUT2D eigenvalue weighted by molar-refractivity contribution is -0.145. The Labute approximate surface area is 194 Å². The molecule has 0 aromatic heterocycles. The monoisotopic (exact) mass is 472 g/mol. The van der Waals surface area contributed by atoms with Gasteiger partial charge in [0, 0.05) is 12.0 Å². The van der Waals surface area contributed by atoms with Gasteiger partial charge in [0.15, 0.2) is 6.04 Å². The fourth-order valence-corrected chi connectivity index (χ4v) is 6.71. The van der Waals surface area contributed by atoms with Gasteiger partial charge < -0.3 is 9.47 Å². The van der Waals surface area contributed by atoms with E-state index in [2.05, 4.69) is 0 Å². The summed E-state index contributed by atoms with van der Waals surface area (Å²) in [6.07, 6.45) is -0.781. The molecular formula is C24H28N2O6S. The van der Waals surface area contributed by atoms with Crippen molar-refractivity contribution < 1.29 is 27.5 Å². The van der Waals surface area contributed by atoms with Crippen LogP contribution in [0, 0.1) is 0 Å². The second kappa shape index (κ2) is 8.14. The molecule has 0 saturated carbocycles. The van der Waals surface area contributed by atoms with E-state index in [0.29, 0.717) is 10.7 Å². The molecule has 2 saturated heterocycles. The molecule has 0 bridgehead atoms. The first-order valence-corrected chi connectivity index (χ1v) is 12.1. The Bertz CT molecular complexity index is 1100. The van der Waals surface area contributed by atoms with Gasteiger partial charge in [0.05, 0.1) is 13.2 Å². The summed E-state index contributed by atoms with van der Waals surface area (Å²) in [6.45, 7) is 4.99. The Morgan fingerprint density at radius 2 is 1.48 bits per heavy atom. The van der Waals surface area contributed by atoms with Gasteiger partial charge in [-0.05, 0) is 38.3 Å². The Kier molecular flexibility index (Phi) is 5.74. The van der Waals surface area contributed by atoms with Gasteiger partial charge in [-0.3, -0.25) is 0 Å². The number of rotatable bonds is 3. The van der Waals surface area contributed by atoms with Crippen LogP contribution in [0.3, 0.4) is 0 Å². The molecule has 176 valence electrons. The molecule has 33 heavy (non-hydrogen) atoms. The number of hydrogen-bond donors (Lipinski definition) is 0. The first-order chi connectivity index (χ1) is 15.5. The number of hydrogen-bond acceptors (Lipinski definition) is 6. The molecule has 2 aliphatic rings. The zero-order valence-electron chi connectivity index (χ0n) is 19.1. The number of ether oxygens (including phenoxy) is 2. The minimum absolute atomic E-state index is 0.0841. The number of benzene rings is 2. The van der Waals surface area contributed by atoms with E-state index in [1.165, 1.54) is 11.4 Å². The Balaban J connectivity index is 1.83. The first-order valence-electron chi connectivity index (χ1n) is 10.7. The lowest BCUT2D eigenvalue weighted by Gasteiger charge is -2.33. The van der Waals surface area contributed by atoms with Crippen molar-refractivity contribution >= 4 is 22.3 Å². The van der Waals surface area contributed by atoms with Crippen LogP contribution in [0.2, 0.25) is 0 Å². The van der Waals surface area contributed by atoms with Crippen molar-refractivity contribution in [3.8, 4) is 0 Å². The topological polar surface area (TPSA) is 93.2 Å². The van der Waals surface area contributed by atoms with Gasteiger partial charge in [-0.15, -0.1) is 0 Å². The molecule has 0 aliphatic carbocycles. The highest BCUT2D eigenvalue weighted by Crippen LogP contribution is 2.49. The first kappa shape index (κ1) is 23.3. The number of amides is 1. The summed E-state index contributed by atoms with van der Waals surface area (Å²) in [5.74, 6) is -0.797. The maximum absolute atomic E-state index is 13.6. The third-order valence-electron chi connectivity index (χ3n) is 6.18. The summed E-state index contributed by atoms with van der Waals surface area (Å²) in [5.41, 5.74) is 0.256. The molecule has 2 aliphatic heterocycles. The summed E-state index contributed by atoms with van der Waals surface area (Å²) in [6, 6.07) is 17.1. The zero-order valence-corrected chi connectivity index (χ0v) is 19.9. The smallest absolute Gasteiger partial charge is 0.426 e. The van der Waals surface area contributed by atoms with Crippen LogP contribution in [0.4, 0.5) is 4.79 Å². The summed E-state index contributed by atoms with van der Waals surface area (Å²) in [7, 11) is -3.15. The lowest BCUT2D eigenvalue weighted by Crippen LogP contribution is -2.50. The third-order valence-corrected chi connectivity index (χ3v) is 8.05. The van der Waals surface area contributed by atoms with Crippen LogP contribution in [0.15, 0.2) is 60.7 Å². The molecule has 0 spiro atoms. The molecule has 8 nitrogen and oxygen atoms in total. The third kappa shape index (κ3) is 3.89. The molecule has 0 radical (unpaired) electrons. The summed E-state index contributed by atoms with van der Waals surface area (Å²) in [4.78, 5) is 25.8. The van der Waals surface area contributed by atoms with Gasteiger partial charge in [-0.1, -0.05) is 60.7 Å². The fraction of sp³-hybridized carbons (Fsp3) is 0.417. The van der Waals surface area contributed by atoms with Crippen molar-refractivity contribution in [2.75, 3.05) is 13.7 Å². The zero-order chi connectivity index (χ0) is 24.0. The number of carbonyl (C=O) groups is 2. The van der Waals surface area contributed by atoms with Crippen molar-refractivity contribution in [1.29, 1.82) is 0 Å². The summed E-state index contributed by atoms with van der Waals surface area (Å²) in [5, 5.41) is 0. The van der Waals surface area contributed by atoms with E-state index >= 15 is 0 Å². The highest BCUT2D eigenvalue weighted by atomic mass is 32.2. The number of methoxy groups -OCH3 is 1. The average Bonchev–Trinajstić information content (AvgIpc) is 3.27. The van der Waals surface area contributed by atoms with Gasteiger partial charge in [-0.2, -0.15) is 17.0 Å². The van der Waals surface area contributed by atoms with Gasteiger partial charge >= 0.3 is 22.3 Å². The van der Waals surface area contributed by atoms with Gasteiger partial charge in [-0.25, -0.2) is 9.59 Å². The molecule has 2 aromatic carbocycles. The molecule has 2 heterocycles. The second-order valence-electron chi connectivity index (χ2n) is 9.38. The highest BCUT2D eigenvalue weighted by molar-refractivity contribution is 7.87. The Morgan fingerprint density at radius 1 is 0.970 bits per heavy atom. The number of carbonyl (C=O) groups excluding carboxylic acids is 2. The molecule has 4 rings (SSSR count). The van der Waals surface area contributed by atoms with Gasteiger partial charge in [0.1, 0.15) is 5.60 Å². The van der Waals surface area contributed by atoms with E-state index in [1.807, 2.05) is 60.7 Å². The quantitative estimate of drug-likeness (QED) is 0.638. The maximum atomic E-state index is 13.6. The standard InChI is InChI=1S/C24H28N2O6S/c1-23(2,3)32-22(28)26-20(21(27)31-4)19-15-24(16-25(19)33(26,29)30,17-11-7-5-8-12-17)18-13-9-6-10-14-18/h5-14,19-20H,15-16H2,1-4H3/t19-,20+/m0/s1. The van der Waals surface area contributed by atoms with E-state index in [-0.39, 0.29) is 6.54 Å². The highest BCUT2D eigenvalue weighted by Gasteiger charge is 2.65. The van der Waals surface area contributed by atoms with Crippen molar-refractivity contribution in [2.24, 2.45) is 0 Å². The molecule has 0 N–H and O–H groups in total. The van der Waals surface area contributed by atoms with Crippen LogP contribution in [0.5, 0.6) is 0 Å². The molecule has 2 fully saturated rings. The Morgan fingerprint density at radius 3 is 1.94 bits per heavy atom. The van der Waals surface area contributed by atoms with Crippen LogP contribution >= 0.6 is 0 Å². The number of fused-ring (bicyclic) bond motifs is 1. The van der Waals surface area contributed by atoms with Crippen LogP contribution in [-0.2, 0) is 29.9 Å². The van der Waals surface area contributed by atoms with Gasteiger partial charge in [0.25, 0.3) is 0 Å². The van der Waals surface area contributed by atoms with Crippen molar-refractivity contribution in [2.45, 2.75) is 50.3 Å². The van der Waals surface area contributed by atoms with E-state index < -0.39 is 45.4 Å². The average molecular weight is 473 g/mol. The summed E-state index contributed by atoms with van der Waals surface area (Å²) >= 11 is 0. The Hall–Kier alpha value is -2.91. The number of nitrogens with zero attached hydrogens (tertiary/aromatic N) is 2.